The average molecular weight is 321 g/mol. The van der Waals surface area contributed by atoms with Gasteiger partial charge in [-0.1, -0.05) is 15.9 Å². The van der Waals surface area contributed by atoms with Gasteiger partial charge in [0, 0.05) is 34.4 Å². The number of fused-ring (bicyclic) bond motifs is 1. The van der Waals surface area contributed by atoms with Gasteiger partial charge in [-0.05, 0) is 44.0 Å². The molecule has 0 radical (unpaired) electrons. The van der Waals surface area contributed by atoms with Crippen LogP contribution < -0.4 is 5.32 Å². The molecule has 1 aliphatic heterocycles. The second-order valence-corrected chi connectivity index (χ2v) is 5.90. The molecule has 19 heavy (non-hydrogen) atoms. The van der Waals surface area contributed by atoms with Crippen LogP contribution in [0, 0.1) is 6.92 Å². The molecule has 4 heteroatoms. The summed E-state index contributed by atoms with van der Waals surface area (Å²) in [6.45, 7) is 3.79. The van der Waals surface area contributed by atoms with E-state index in [1.807, 2.05) is 19.1 Å². The Balaban J connectivity index is 1.89. The smallest absolute Gasteiger partial charge is 0.0748 e. The van der Waals surface area contributed by atoms with Crippen molar-refractivity contribution in [2.24, 2.45) is 0 Å². The maximum absolute atomic E-state index is 5.65. The van der Waals surface area contributed by atoms with E-state index >= 15 is 0 Å². The van der Waals surface area contributed by atoms with Gasteiger partial charge in [-0.3, -0.25) is 4.98 Å². The molecule has 1 saturated heterocycles. The van der Waals surface area contributed by atoms with Crippen molar-refractivity contribution in [1.82, 2.24) is 4.98 Å². The summed E-state index contributed by atoms with van der Waals surface area (Å²) >= 11 is 3.52. The minimum absolute atomic E-state index is 0.343. The first-order valence-electron chi connectivity index (χ1n) is 6.65. The van der Waals surface area contributed by atoms with Crippen molar-refractivity contribution in [2.75, 3.05) is 18.5 Å². The lowest BCUT2D eigenvalue weighted by Crippen LogP contribution is -2.18. The lowest BCUT2D eigenvalue weighted by molar-refractivity contribution is 0.120. The third-order valence-corrected chi connectivity index (χ3v) is 3.94. The van der Waals surface area contributed by atoms with E-state index in [-0.39, 0.29) is 0 Å². The number of halogens is 1. The number of pyridine rings is 1. The fourth-order valence-corrected chi connectivity index (χ4v) is 2.87. The first-order valence-corrected chi connectivity index (χ1v) is 7.44. The highest BCUT2D eigenvalue weighted by atomic mass is 79.9. The van der Waals surface area contributed by atoms with Gasteiger partial charge in [0.15, 0.2) is 0 Å². The van der Waals surface area contributed by atoms with Gasteiger partial charge in [0.2, 0.25) is 0 Å². The fourth-order valence-electron chi connectivity index (χ4n) is 2.51. The Bertz CT molecular complexity index is 594. The molecule has 100 valence electrons. The van der Waals surface area contributed by atoms with E-state index in [4.69, 9.17) is 4.74 Å². The van der Waals surface area contributed by atoms with E-state index in [0.29, 0.717) is 6.10 Å². The summed E-state index contributed by atoms with van der Waals surface area (Å²) in [5.74, 6) is 0. The lowest BCUT2D eigenvalue weighted by atomic mass is 10.1. The van der Waals surface area contributed by atoms with Crippen LogP contribution in [0.3, 0.4) is 0 Å². The third-order valence-electron chi connectivity index (χ3n) is 3.44. The zero-order valence-electron chi connectivity index (χ0n) is 10.9. The quantitative estimate of drug-likeness (QED) is 0.931. The molecule has 0 amide bonds. The van der Waals surface area contributed by atoms with Gasteiger partial charge in [0.25, 0.3) is 0 Å². The van der Waals surface area contributed by atoms with Gasteiger partial charge in [0.05, 0.1) is 11.6 Å². The highest BCUT2D eigenvalue weighted by Crippen LogP contribution is 2.27. The van der Waals surface area contributed by atoms with Gasteiger partial charge in [-0.2, -0.15) is 0 Å². The molecular weight excluding hydrogens is 304 g/mol. The number of hydrogen-bond donors (Lipinski definition) is 1. The van der Waals surface area contributed by atoms with Crippen molar-refractivity contribution >= 4 is 32.5 Å². The van der Waals surface area contributed by atoms with Crippen molar-refractivity contribution in [2.45, 2.75) is 25.9 Å². The van der Waals surface area contributed by atoms with E-state index in [0.717, 1.165) is 46.3 Å². The topological polar surface area (TPSA) is 34.1 Å². The Morgan fingerprint density at radius 1 is 1.42 bits per heavy atom. The minimum Gasteiger partial charge on any atom is -0.382 e. The van der Waals surface area contributed by atoms with Crippen LogP contribution >= 0.6 is 15.9 Å². The molecule has 2 aromatic rings. The molecule has 1 fully saturated rings. The summed E-state index contributed by atoms with van der Waals surface area (Å²) < 4.78 is 6.73. The van der Waals surface area contributed by atoms with Crippen molar-refractivity contribution < 1.29 is 4.74 Å². The molecule has 0 saturated carbocycles. The molecule has 2 heterocycles. The first kappa shape index (κ1) is 12.9. The van der Waals surface area contributed by atoms with E-state index in [9.17, 15) is 0 Å². The Morgan fingerprint density at radius 2 is 2.32 bits per heavy atom. The molecule has 1 N–H and O–H groups in total. The van der Waals surface area contributed by atoms with Crippen molar-refractivity contribution in [1.29, 1.82) is 0 Å². The van der Waals surface area contributed by atoms with Gasteiger partial charge in [-0.15, -0.1) is 0 Å². The molecule has 0 spiro atoms. The minimum atomic E-state index is 0.343. The maximum Gasteiger partial charge on any atom is 0.0748 e. The molecule has 1 unspecified atom stereocenters. The number of anilines is 1. The molecular formula is C15H17BrN2O. The van der Waals surface area contributed by atoms with Crippen LogP contribution in [0.25, 0.3) is 10.9 Å². The van der Waals surface area contributed by atoms with Crippen LogP contribution in [0.4, 0.5) is 5.69 Å². The molecule has 1 aromatic carbocycles. The second-order valence-electron chi connectivity index (χ2n) is 4.99. The zero-order valence-corrected chi connectivity index (χ0v) is 12.5. The molecule has 3 nitrogen and oxygen atoms in total. The average Bonchev–Trinajstić information content (AvgIpc) is 2.89. The fraction of sp³-hybridized carbons (Fsp3) is 0.400. The molecule has 1 aromatic heterocycles. The van der Waals surface area contributed by atoms with E-state index < -0.39 is 0 Å². The van der Waals surface area contributed by atoms with E-state index in [1.165, 1.54) is 6.42 Å². The maximum atomic E-state index is 5.65. The predicted octanol–water partition coefficient (Wildman–Crippen LogP) is 3.90. The van der Waals surface area contributed by atoms with Gasteiger partial charge < -0.3 is 10.1 Å². The highest BCUT2D eigenvalue weighted by Gasteiger charge is 2.15. The summed E-state index contributed by atoms with van der Waals surface area (Å²) in [5, 5.41) is 4.66. The largest absolute Gasteiger partial charge is 0.382 e. The number of ether oxygens (including phenoxy) is 1. The van der Waals surface area contributed by atoms with Crippen LogP contribution in [0.1, 0.15) is 18.5 Å². The first-order chi connectivity index (χ1) is 9.22. The second kappa shape index (κ2) is 5.47. The number of aryl methyl sites for hydroxylation is 1. The van der Waals surface area contributed by atoms with E-state index in [2.05, 4.69) is 38.4 Å². The highest BCUT2D eigenvalue weighted by molar-refractivity contribution is 9.10. The number of nitrogens with one attached hydrogen (secondary N) is 1. The summed E-state index contributed by atoms with van der Waals surface area (Å²) in [4.78, 5) is 4.57. The van der Waals surface area contributed by atoms with Gasteiger partial charge in [0.1, 0.15) is 0 Å². The summed E-state index contributed by atoms with van der Waals surface area (Å²) in [6, 6.07) is 8.28. The molecule has 0 bridgehead atoms. The summed E-state index contributed by atoms with van der Waals surface area (Å²) in [5.41, 5.74) is 3.20. The SMILES string of the molecule is Cc1cc(NCC2CCCO2)c2cc(Br)ccc2n1. The number of rotatable bonds is 3. The van der Waals surface area contributed by atoms with Gasteiger partial charge in [-0.25, -0.2) is 0 Å². The zero-order chi connectivity index (χ0) is 13.2. The third kappa shape index (κ3) is 2.90. The molecule has 1 atom stereocenters. The Hall–Kier alpha value is -1.13. The summed E-state index contributed by atoms with van der Waals surface area (Å²) in [6.07, 6.45) is 2.67. The van der Waals surface area contributed by atoms with Crippen LogP contribution in [0.2, 0.25) is 0 Å². The molecule has 0 aliphatic carbocycles. The van der Waals surface area contributed by atoms with Crippen molar-refractivity contribution in [3.8, 4) is 0 Å². The van der Waals surface area contributed by atoms with Crippen molar-refractivity contribution in [3.05, 3.63) is 34.4 Å². The van der Waals surface area contributed by atoms with Crippen LogP contribution in [0.15, 0.2) is 28.7 Å². The standard InChI is InChI=1S/C15H17BrN2O/c1-10-7-15(17-9-12-3-2-6-19-12)13-8-11(16)4-5-14(13)18-10/h4-5,7-8,12H,2-3,6,9H2,1H3,(H,17,18). The lowest BCUT2D eigenvalue weighted by Gasteiger charge is -2.14. The van der Waals surface area contributed by atoms with Gasteiger partial charge >= 0.3 is 0 Å². The number of aromatic nitrogens is 1. The number of hydrogen-bond acceptors (Lipinski definition) is 3. The Morgan fingerprint density at radius 3 is 3.11 bits per heavy atom. The number of nitrogens with zero attached hydrogens (tertiary/aromatic N) is 1. The monoisotopic (exact) mass is 320 g/mol. The molecule has 1 aliphatic rings. The summed E-state index contributed by atoms with van der Waals surface area (Å²) in [7, 11) is 0. The normalized spacial score (nSPS) is 18.9. The van der Waals surface area contributed by atoms with Crippen LogP contribution in [-0.2, 0) is 4.74 Å². The van der Waals surface area contributed by atoms with Crippen molar-refractivity contribution in [3.63, 3.8) is 0 Å². The Labute approximate surface area is 121 Å². The van der Waals surface area contributed by atoms with E-state index in [1.54, 1.807) is 0 Å². The number of benzene rings is 1. The molecule has 3 rings (SSSR count). The Kier molecular flexibility index (Phi) is 3.71. The van der Waals surface area contributed by atoms with Crippen LogP contribution in [0.5, 0.6) is 0 Å². The predicted molar refractivity (Wildman–Crippen MR) is 81.6 cm³/mol. The van der Waals surface area contributed by atoms with Crippen LogP contribution in [-0.4, -0.2) is 24.2 Å².